The minimum atomic E-state index is -0.250. The van der Waals surface area contributed by atoms with E-state index in [2.05, 4.69) is 27.3 Å². The molecule has 23 heavy (non-hydrogen) atoms. The second kappa shape index (κ2) is 6.25. The van der Waals surface area contributed by atoms with Crippen molar-refractivity contribution in [1.82, 2.24) is 25.1 Å². The number of carbonyl (C=O) groups is 1. The van der Waals surface area contributed by atoms with Crippen molar-refractivity contribution < 1.29 is 9.90 Å². The van der Waals surface area contributed by atoms with Gasteiger partial charge in [0.05, 0.1) is 16.9 Å². The molecule has 3 aromatic rings. The maximum Gasteiger partial charge on any atom is 0.290 e. The van der Waals surface area contributed by atoms with E-state index < -0.39 is 0 Å². The Morgan fingerprint density at radius 3 is 2.96 bits per heavy atom. The summed E-state index contributed by atoms with van der Waals surface area (Å²) < 4.78 is 2.03. The lowest BCUT2D eigenvalue weighted by molar-refractivity contribution is -0.122. The molecule has 1 saturated heterocycles. The summed E-state index contributed by atoms with van der Waals surface area (Å²) in [5, 5.41) is 15.0. The highest BCUT2D eigenvalue weighted by Crippen LogP contribution is 2.28. The van der Waals surface area contributed by atoms with E-state index in [-0.39, 0.29) is 18.1 Å². The molecule has 0 aliphatic carbocycles. The van der Waals surface area contributed by atoms with Crippen LogP contribution in [0.4, 0.5) is 0 Å². The predicted octanol–water partition coefficient (Wildman–Crippen LogP) is 1.08. The van der Waals surface area contributed by atoms with E-state index in [9.17, 15) is 4.79 Å². The van der Waals surface area contributed by atoms with E-state index in [1.54, 1.807) is 6.20 Å². The SMILES string of the molecule is C[C@@H]1CCNC[C@@H]1n1[nH]c(=O)c2cnc3[nH]ccc3c21.O=CO. The van der Waals surface area contributed by atoms with Gasteiger partial charge in [0.2, 0.25) is 0 Å². The van der Waals surface area contributed by atoms with Crippen LogP contribution in [0, 0.1) is 5.92 Å². The molecule has 0 radical (unpaired) electrons. The van der Waals surface area contributed by atoms with Crippen LogP contribution in [-0.2, 0) is 4.79 Å². The minimum absolute atomic E-state index is 0.0617. The number of aromatic amines is 2. The van der Waals surface area contributed by atoms with Crippen molar-refractivity contribution in [3.8, 4) is 0 Å². The molecule has 0 bridgehead atoms. The summed E-state index contributed by atoms with van der Waals surface area (Å²) in [4.78, 5) is 27.9. The van der Waals surface area contributed by atoms with Gasteiger partial charge in [0.15, 0.2) is 0 Å². The standard InChI is InChI=1S/C14H17N5O.CH2O2/c1-8-2-4-15-7-11(8)19-12-9-3-5-16-13(9)17-6-10(12)14(20)18-19;2-1-3/h3,5-6,8,11,15H,2,4,7H2,1H3,(H,16,17)(H,18,20);1H,(H,2,3)/t8-,11+;/m1./s1. The summed E-state index contributed by atoms with van der Waals surface area (Å²) in [6.45, 7) is 3.92. The van der Waals surface area contributed by atoms with Gasteiger partial charge in [-0.15, -0.1) is 0 Å². The van der Waals surface area contributed by atoms with Gasteiger partial charge in [-0.25, -0.2) is 4.98 Å². The molecule has 0 aromatic carbocycles. The van der Waals surface area contributed by atoms with Crippen molar-refractivity contribution >= 4 is 28.4 Å². The highest BCUT2D eigenvalue weighted by molar-refractivity contribution is 6.02. The lowest BCUT2D eigenvalue weighted by Crippen LogP contribution is -2.37. The van der Waals surface area contributed by atoms with Crippen LogP contribution in [0.5, 0.6) is 0 Å². The first-order valence-electron chi connectivity index (χ1n) is 7.52. The van der Waals surface area contributed by atoms with Crippen LogP contribution in [0.2, 0.25) is 0 Å². The maximum absolute atomic E-state index is 12.2. The van der Waals surface area contributed by atoms with Gasteiger partial charge in [0.25, 0.3) is 12.0 Å². The first-order chi connectivity index (χ1) is 11.2. The molecule has 1 aliphatic heterocycles. The summed E-state index contributed by atoms with van der Waals surface area (Å²) in [6, 6.07) is 2.25. The molecule has 4 heterocycles. The van der Waals surface area contributed by atoms with Crippen LogP contribution < -0.4 is 10.9 Å². The predicted molar refractivity (Wildman–Crippen MR) is 86.6 cm³/mol. The molecule has 0 unspecified atom stereocenters. The quantitative estimate of drug-likeness (QED) is 0.501. The van der Waals surface area contributed by atoms with Gasteiger partial charge in [0.1, 0.15) is 5.65 Å². The summed E-state index contributed by atoms with van der Waals surface area (Å²) in [7, 11) is 0. The molecule has 8 nitrogen and oxygen atoms in total. The number of hydrogen-bond acceptors (Lipinski definition) is 4. The molecule has 2 atom stereocenters. The van der Waals surface area contributed by atoms with Crippen LogP contribution in [0.1, 0.15) is 19.4 Å². The second-order valence-electron chi connectivity index (χ2n) is 5.71. The third-order valence-electron chi connectivity index (χ3n) is 4.38. The molecule has 4 N–H and O–H groups in total. The van der Waals surface area contributed by atoms with Crippen molar-refractivity contribution in [2.24, 2.45) is 5.92 Å². The highest BCUT2D eigenvalue weighted by atomic mass is 16.3. The van der Waals surface area contributed by atoms with Crippen LogP contribution in [0.15, 0.2) is 23.3 Å². The largest absolute Gasteiger partial charge is 0.483 e. The monoisotopic (exact) mass is 317 g/mol. The number of H-pyrrole nitrogens is 2. The van der Waals surface area contributed by atoms with Gasteiger partial charge in [-0.2, -0.15) is 0 Å². The average molecular weight is 317 g/mol. The topological polar surface area (TPSA) is 116 Å². The van der Waals surface area contributed by atoms with E-state index in [1.165, 1.54) is 0 Å². The summed E-state index contributed by atoms with van der Waals surface area (Å²) in [6.07, 6.45) is 4.64. The Hall–Kier alpha value is -2.61. The first kappa shape index (κ1) is 15.3. The Kier molecular flexibility index (Phi) is 4.16. The van der Waals surface area contributed by atoms with Crippen molar-refractivity contribution in [1.29, 1.82) is 0 Å². The zero-order chi connectivity index (χ0) is 16.4. The van der Waals surface area contributed by atoms with Gasteiger partial charge in [-0.05, 0) is 24.9 Å². The molecule has 4 rings (SSSR count). The summed E-state index contributed by atoms with van der Waals surface area (Å²) in [5.74, 6) is 0.532. The van der Waals surface area contributed by atoms with E-state index in [0.29, 0.717) is 11.3 Å². The zero-order valence-electron chi connectivity index (χ0n) is 12.7. The number of nitrogens with one attached hydrogen (secondary N) is 3. The van der Waals surface area contributed by atoms with Crippen molar-refractivity contribution in [2.75, 3.05) is 13.1 Å². The number of carboxylic acid groups (broad SMARTS) is 1. The second-order valence-corrected chi connectivity index (χ2v) is 5.71. The Labute approximate surface area is 131 Å². The molecule has 0 spiro atoms. The number of fused-ring (bicyclic) bond motifs is 3. The smallest absolute Gasteiger partial charge is 0.290 e. The molecule has 1 fully saturated rings. The van der Waals surface area contributed by atoms with Crippen molar-refractivity contribution in [2.45, 2.75) is 19.4 Å². The number of pyridine rings is 1. The number of piperidine rings is 1. The Balaban J connectivity index is 0.000000485. The highest BCUT2D eigenvalue weighted by Gasteiger charge is 2.26. The first-order valence-corrected chi connectivity index (χ1v) is 7.52. The van der Waals surface area contributed by atoms with Gasteiger partial charge in [-0.3, -0.25) is 19.4 Å². The molecule has 1 aliphatic rings. The fourth-order valence-corrected chi connectivity index (χ4v) is 3.21. The molecule has 122 valence electrons. The summed E-state index contributed by atoms with van der Waals surface area (Å²) in [5.41, 5.74) is 1.72. The molecule has 8 heteroatoms. The lowest BCUT2D eigenvalue weighted by Gasteiger charge is -2.30. The molecule has 0 amide bonds. The van der Waals surface area contributed by atoms with Crippen LogP contribution in [0.3, 0.4) is 0 Å². The van der Waals surface area contributed by atoms with Crippen LogP contribution >= 0.6 is 0 Å². The number of rotatable bonds is 1. The Bertz CT molecular complexity index is 878. The zero-order valence-corrected chi connectivity index (χ0v) is 12.7. The number of hydrogen-bond donors (Lipinski definition) is 4. The number of nitrogens with zero attached hydrogens (tertiary/aromatic N) is 2. The lowest BCUT2D eigenvalue weighted by atomic mass is 9.95. The Morgan fingerprint density at radius 2 is 2.22 bits per heavy atom. The fraction of sp³-hybridized carbons (Fsp3) is 0.400. The van der Waals surface area contributed by atoms with E-state index in [1.807, 2.05) is 16.9 Å². The van der Waals surface area contributed by atoms with Crippen LogP contribution in [0.25, 0.3) is 21.9 Å². The van der Waals surface area contributed by atoms with Gasteiger partial charge in [-0.1, -0.05) is 6.92 Å². The molecule has 0 saturated carbocycles. The number of aromatic nitrogens is 4. The third-order valence-corrected chi connectivity index (χ3v) is 4.38. The van der Waals surface area contributed by atoms with Crippen LogP contribution in [-0.4, -0.2) is 44.4 Å². The van der Waals surface area contributed by atoms with Crippen molar-refractivity contribution in [3.05, 3.63) is 28.8 Å². The molecular formula is C15H19N5O3. The fourth-order valence-electron chi connectivity index (χ4n) is 3.21. The maximum atomic E-state index is 12.2. The Morgan fingerprint density at radius 1 is 1.43 bits per heavy atom. The van der Waals surface area contributed by atoms with Gasteiger partial charge < -0.3 is 15.4 Å². The average Bonchev–Trinajstić information content (AvgIpc) is 3.13. The van der Waals surface area contributed by atoms with E-state index in [4.69, 9.17) is 9.90 Å². The summed E-state index contributed by atoms with van der Waals surface area (Å²) >= 11 is 0. The van der Waals surface area contributed by atoms with Gasteiger partial charge in [0, 0.05) is 24.3 Å². The normalized spacial score (nSPS) is 21.1. The minimum Gasteiger partial charge on any atom is -0.483 e. The van der Waals surface area contributed by atoms with Gasteiger partial charge >= 0.3 is 0 Å². The molecular weight excluding hydrogens is 298 g/mol. The van der Waals surface area contributed by atoms with E-state index in [0.717, 1.165) is 36.1 Å². The van der Waals surface area contributed by atoms with E-state index >= 15 is 0 Å². The van der Waals surface area contributed by atoms with Crippen molar-refractivity contribution in [3.63, 3.8) is 0 Å². The molecule has 3 aromatic heterocycles. The third kappa shape index (κ3) is 2.61.